The molecule has 3 amide bonds. The highest BCUT2D eigenvalue weighted by Crippen LogP contribution is 2.54. The van der Waals surface area contributed by atoms with E-state index in [4.69, 9.17) is 21.1 Å². The Balaban J connectivity index is 1.43. The monoisotopic (exact) mass is 619 g/mol. The topological polar surface area (TPSA) is 125 Å². The average molecular weight is 620 g/mol. The Morgan fingerprint density at radius 1 is 1.05 bits per heavy atom. The van der Waals surface area contributed by atoms with Crippen LogP contribution in [0.1, 0.15) is 31.4 Å². The number of nitrogens with one attached hydrogen (secondary N) is 1. The van der Waals surface area contributed by atoms with E-state index in [0.29, 0.717) is 22.7 Å². The van der Waals surface area contributed by atoms with Crippen LogP contribution in [0.3, 0.4) is 0 Å². The van der Waals surface area contributed by atoms with Gasteiger partial charge in [-0.05, 0) is 43.2 Å². The first kappa shape index (κ1) is 30.1. The zero-order chi connectivity index (χ0) is 31.0. The minimum atomic E-state index is -1.51. The third-order valence-electron chi connectivity index (χ3n) is 8.86. The van der Waals surface area contributed by atoms with Gasteiger partial charge in [-0.2, -0.15) is 0 Å². The molecule has 0 aliphatic carbocycles. The van der Waals surface area contributed by atoms with Crippen LogP contribution in [0.2, 0.25) is 5.02 Å². The van der Waals surface area contributed by atoms with E-state index in [1.54, 1.807) is 72.5 Å². The maximum Gasteiger partial charge on any atom is 0.313 e. The first-order chi connectivity index (χ1) is 21.2. The maximum absolute atomic E-state index is 14.4. The molecular formula is C33H34ClN3O7. The molecule has 6 rings (SSSR count). The molecule has 2 saturated heterocycles. The van der Waals surface area contributed by atoms with E-state index in [-0.39, 0.29) is 25.4 Å². The zero-order valence-electron chi connectivity index (χ0n) is 24.2. The summed E-state index contributed by atoms with van der Waals surface area (Å²) < 4.78 is 12.8. The smallest absolute Gasteiger partial charge is 0.313 e. The summed E-state index contributed by atoms with van der Waals surface area (Å²) >= 11 is 6.10. The number of hydrogen-bond donors (Lipinski definition) is 2. The van der Waals surface area contributed by atoms with Gasteiger partial charge in [0.15, 0.2) is 0 Å². The molecular weight excluding hydrogens is 586 g/mol. The number of esters is 1. The minimum Gasteiger partial charge on any atom is -0.455 e. The quantitative estimate of drug-likeness (QED) is 0.398. The molecule has 10 nitrogen and oxygen atoms in total. The van der Waals surface area contributed by atoms with E-state index in [0.717, 1.165) is 0 Å². The number of anilines is 1. The Hall–Kier alpha value is -3.99. The zero-order valence-corrected chi connectivity index (χ0v) is 24.9. The van der Waals surface area contributed by atoms with Crippen LogP contribution in [0.25, 0.3) is 0 Å². The lowest BCUT2D eigenvalue weighted by molar-refractivity contribution is -0.160. The van der Waals surface area contributed by atoms with Gasteiger partial charge in [0, 0.05) is 23.7 Å². The Morgan fingerprint density at radius 3 is 2.52 bits per heavy atom. The van der Waals surface area contributed by atoms with E-state index < -0.39 is 66.1 Å². The molecule has 0 aromatic heterocycles. The van der Waals surface area contributed by atoms with Crippen LogP contribution in [-0.2, 0) is 28.7 Å². The minimum absolute atomic E-state index is 0.0606. The number of benzene rings is 2. The number of allylic oxidation sites excluding steroid dienone is 1. The van der Waals surface area contributed by atoms with E-state index in [1.807, 2.05) is 18.2 Å². The van der Waals surface area contributed by atoms with Crippen molar-refractivity contribution in [2.24, 2.45) is 11.8 Å². The number of nitrogens with zero attached hydrogens (tertiary/aromatic N) is 2. The molecule has 2 N–H and O–H groups in total. The molecule has 1 spiro atoms. The second-order valence-electron chi connectivity index (χ2n) is 11.6. The van der Waals surface area contributed by atoms with Gasteiger partial charge in [-0.15, -0.1) is 0 Å². The summed E-state index contributed by atoms with van der Waals surface area (Å²) in [4.78, 5) is 58.4. The molecule has 11 heteroatoms. The van der Waals surface area contributed by atoms with Crippen molar-refractivity contribution >= 4 is 41.0 Å². The van der Waals surface area contributed by atoms with Crippen LogP contribution in [0.5, 0.6) is 0 Å². The van der Waals surface area contributed by atoms with Gasteiger partial charge in [0.1, 0.15) is 23.7 Å². The third-order valence-corrected chi connectivity index (χ3v) is 9.11. The van der Waals surface area contributed by atoms with Crippen LogP contribution >= 0.6 is 11.6 Å². The Labute approximate surface area is 260 Å². The normalized spacial score (nSPS) is 31.9. The van der Waals surface area contributed by atoms with Crippen molar-refractivity contribution < 1.29 is 33.8 Å². The van der Waals surface area contributed by atoms with Gasteiger partial charge in [-0.3, -0.25) is 19.2 Å². The Bertz CT molecular complexity index is 1500. The van der Waals surface area contributed by atoms with Crippen molar-refractivity contribution in [2.45, 2.75) is 49.7 Å². The van der Waals surface area contributed by atoms with Gasteiger partial charge < -0.3 is 29.7 Å². The second kappa shape index (κ2) is 12.2. The molecule has 2 fully saturated rings. The van der Waals surface area contributed by atoms with Crippen molar-refractivity contribution in [3.63, 3.8) is 0 Å². The van der Waals surface area contributed by atoms with Crippen LogP contribution in [0.15, 0.2) is 78.9 Å². The molecule has 230 valence electrons. The summed E-state index contributed by atoms with van der Waals surface area (Å²) in [7, 11) is 0. The number of aliphatic hydroxyl groups excluding tert-OH is 1. The molecule has 2 aromatic carbocycles. The standard InChI is InChI=1S/C33H34ClN3O7/c1-20(19-38)37-29-31(41)36(23-14-12-22(34)13-15-23)17-7-16-33(29)28(30(37)40)27-24(44-33)10-5-6-11-26(39)35-18-25(43-32(27)42)21-8-3-2-4-9-21/h2-5,7-10,12-16,20,24-25,27-29,38H,6,11,17-19H2,1H3,(H,35,39)/b10-5-/t20-,24-,25+,27+,28+,29-,33+/m1/s1. The number of carbonyl (C=O) groups excluding carboxylic acids is 4. The molecule has 0 radical (unpaired) electrons. The number of rotatable bonds is 4. The van der Waals surface area contributed by atoms with Crippen LogP contribution in [-0.4, -0.2) is 77.2 Å². The summed E-state index contributed by atoms with van der Waals surface area (Å²) in [5, 5.41) is 13.5. The largest absolute Gasteiger partial charge is 0.455 e. The lowest BCUT2D eigenvalue weighted by Gasteiger charge is -2.37. The SMILES string of the molecule is C[C@H](CO)N1C(=O)[C@@H]2[C@H]3C(=O)O[C@H](c4ccccc4)CNC(=O)CC/C=C\[C@H]3O[C@@]23C=CCN(c2ccc(Cl)cc2)C(=O)[C@@H]13. The fraction of sp³-hybridized carbons (Fsp3) is 0.394. The molecule has 0 bridgehead atoms. The average Bonchev–Trinajstić information content (AvgIpc) is 3.42. The maximum atomic E-state index is 14.4. The number of likely N-dealkylation sites (tertiary alicyclic amines) is 1. The molecule has 4 heterocycles. The van der Waals surface area contributed by atoms with Crippen LogP contribution in [0.4, 0.5) is 5.69 Å². The lowest BCUT2D eigenvalue weighted by Crippen LogP contribution is -2.57. The summed E-state index contributed by atoms with van der Waals surface area (Å²) in [5.74, 6) is -3.91. The van der Waals surface area contributed by atoms with Gasteiger partial charge in [-0.1, -0.05) is 66.2 Å². The van der Waals surface area contributed by atoms with Gasteiger partial charge >= 0.3 is 5.97 Å². The van der Waals surface area contributed by atoms with Gasteiger partial charge in [0.05, 0.1) is 31.2 Å². The van der Waals surface area contributed by atoms with Crippen molar-refractivity contribution in [3.05, 3.63) is 89.5 Å². The van der Waals surface area contributed by atoms with E-state index in [1.165, 1.54) is 4.90 Å². The molecule has 0 unspecified atom stereocenters. The second-order valence-corrected chi connectivity index (χ2v) is 12.0. The Kier molecular flexibility index (Phi) is 8.32. The molecule has 4 aliphatic heterocycles. The Morgan fingerprint density at radius 2 is 1.80 bits per heavy atom. The number of amides is 3. The molecule has 0 saturated carbocycles. The highest BCUT2D eigenvalue weighted by molar-refractivity contribution is 6.30. The van der Waals surface area contributed by atoms with Gasteiger partial charge in [0.2, 0.25) is 11.8 Å². The van der Waals surface area contributed by atoms with Crippen molar-refractivity contribution in [1.29, 1.82) is 0 Å². The third kappa shape index (κ3) is 5.21. The summed E-state index contributed by atoms with van der Waals surface area (Å²) in [5.41, 5.74) is -0.234. The number of carbonyl (C=O) groups is 4. The van der Waals surface area contributed by atoms with Gasteiger partial charge in [0.25, 0.3) is 5.91 Å². The fourth-order valence-corrected chi connectivity index (χ4v) is 6.89. The van der Waals surface area contributed by atoms with Crippen LogP contribution < -0.4 is 10.2 Å². The lowest BCUT2D eigenvalue weighted by atomic mass is 9.78. The molecule has 2 aromatic rings. The number of aliphatic hydroxyl groups is 1. The highest BCUT2D eigenvalue weighted by atomic mass is 35.5. The first-order valence-electron chi connectivity index (χ1n) is 14.8. The predicted molar refractivity (Wildman–Crippen MR) is 161 cm³/mol. The predicted octanol–water partition coefficient (Wildman–Crippen LogP) is 2.96. The summed E-state index contributed by atoms with van der Waals surface area (Å²) in [6.07, 6.45) is 5.86. The summed E-state index contributed by atoms with van der Waals surface area (Å²) in [6, 6.07) is 14.0. The number of halogens is 1. The molecule has 4 aliphatic rings. The number of fused-ring (bicyclic) bond motifs is 2. The highest BCUT2D eigenvalue weighted by Gasteiger charge is 2.72. The fourth-order valence-electron chi connectivity index (χ4n) is 6.76. The first-order valence-corrected chi connectivity index (χ1v) is 15.2. The van der Waals surface area contributed by atoms with E-state index >= 15 is 0 Å². The molecule has 7 atom stereocenters. The molecule has 44 heavy (non-hydrogen) atoms. The van der Waals surface area contributed by atoms with Crippen molar-refractivity contribution in [3.8, 4) is 0 Å². The number of hydrogen-bond acceptors (Lipinski definition) is 7. The number of ether oxygens (including phenoxy) is 2. The summed E-state index contributed by atoms with van der Waals surface area (Å²) in [6.45, 7) is 1.53. The number of cyclic esters (lactones) is 1. The van der Waals surface area contributed by atoms with Crippen molar-refractivity contribution in [1.82, 2.24) is 10.2 Å². The van der Waals surface area contributed by atoms with E-state index in [9.17, 15) is 24.3 Å². The van der Waals surface area contributed by atoms with Crippen LogP contribution in [0, 0.1) is 11.8 Å². The van der Waals surface area contributed by atoms with Crippen molar-refractivity contribution in [2.75, 3.05) is 24.6 Å². The van der Waals surface area contributed by atoms with E-state index in [2.05, 4.69) is 5.32 Å². The van der Waals surface area contributed by atoms with Gasteiger partial charge in [-0.25, -0.2) is 0 Å².